The van der Waals surface area contributed by atoms with Crippen LogP contribution in [0.4, 0.5) is 5.13 Å². The summed E-state index contributed by atoms with van der Waals surface area (Å²) in [6.45, 7) is 5.24. The molecule has 0 aliphatic carbocycles. The third-order valence-electron chi connectivity index (χ3n) is 4.95. The van der Waals surface area contributed by atoms with Crippen LogP contribution >= 0.6 is 11.3 Å². The average molecular weight is 382 g/mol. The van der Waals surface area contributed by atoms with E-state index in [9.17, 15) is 4.79 Å². The molecule has 1 aromatic heterocycles. The molecule has 0 radical (unpaired) electrons. The van der Waals surface area contributed by atoms with Gasteiger partial charge in [-0.3, -0.25) is 4.79 Å². The van der Waals surface area contributed by atoms with E-state index in [4.69, 9.17) is 9.72 Å². The number of aromatic nitrogens is 1. The van der Waals surface area contributed by atoms with Gasteiger partial charge >= 0.3 is 0 Å². The average Bonchev–Trinajstić information content (AvgIpc) is 3.12. The first-order chi connectivity index (χ1) is 13.1. The van der Waals surface area contributed by atoms with Crippen LogP contribution in [-0.4, -0.2) is 49.1 Å². The van der Waals surface area contributed by atoms with E-state index in [1.54, 1.807) is 18.4 Å². The number of ether oxygens (including phenoxy) is 1. The summed E-state index contributed by atoms with van der Waals surface area (Å²) in [7, 11) is 1.65. The molecular formula is C21H23N3O2S. The van der Waals surface area contributed by atoms with Crippen LogP contribution in [-0.2, 0) is 11.2 Å². The number of fused-ring (bicyclic) bond motifs is 1. The molecule has 4 rings (SSSR count). The number of rotatable bonds is 4. The molecule has 27 heavy (non-hydrogen) atoms. The number of carbonyl (C=O) groups is 1. The Morgan fingerprint density at radius 1 is 1.11 bits per heavy atom. The molecule has 0 N–H and O–H groups in total. The van der Waals surface area contributed by atoms with Gasteiger partial charge in [-0.15, -0.1) is 0 Å². The summed E-state index contributed by atoms with van der Waals surface area (Å²) in [5.74, 6) is 0.991. The molecule has 0 saturated carbocycles. The number of hydrogen-bond acceptors (Lipinski definition) is 5. The van der Waals surface area contributed by atoms with Crippen LogP contribution in [0.5, 0.6) is 5.75 Å². The van der Waals surface area contributed by atoms with Gasteiger partial charge in [-0.1, -0.05) is 29.5 Å². The van der Waals surface area contributed by atoms with Gasteiger partial charge in [0.05, 0.1) is 23.7 Å². The molecule has 1 aliphatic rings. The maximum Gasteiger partial charge on any atom is 0.227 e. The number of piperazine rings is 1. The maximum atomic E-state index is 12.6. The number of anilines is 1. The van der Waals surface area contributed by atoms with Crippen molar-refractivity contribution in [1.82, 2.24) is 9.88 Å². The summed E-state index contributed by atoms with van der Waals surface area (Å²) < 4.78 is 6.39. The Bertz CT molecular complexity index is 944. The SMILES string of the molecule is COc1ccc(CC(=O)N2CCN(c3nc4ccc(C)cc4s3)CC2)cc1. The van der Waals surface area contributed by atoms with Crippen molar-refractivity contribution in [3.63, 3.8) is 0 Å². The normalized spacial score (nSPS) is 14.6. The van der Waals surface area contributed by atoms with Gasteiger partial charge < -0.3 is 14.5 Å². The molecule has 2 heterocycles. The molecule has 1 saturated heterocycles. The van der Waals surface area contributed by atoms with E-state index in [0.29, 0.717) is 6.42 Å². The Morgan fingerprint density at radius 3 is 2.56 bits per heavy atom. The number of methoxy groups -OCH3 is 1. The molecule has 2 aromatic carbocycles. The zero-order valence-electron chi connectivity index (χ0n) is 15.6. The molecule has 0 spiro atoms. The first kappa shape index (κ1) is 17.8. The van der Waals surface area contributed by atoms with Gasteiger partial charge in [0.2, 0.25) is 5.91 Å². The van der Waals surface area contributed by atoms with Crippen molar-refractivity contribution >= 4 is 32.6 Å². The summed E-state index contributed by atoms with van der Waals surface area (Å²) in [6, 6.07) is 14.1. The lowest BCUT2D eigenvalue weighted by Crippen LogP contribution is -2.49. The second-order valence-corrected chi connectivity index (χ2v) is 7.87. The van der Waals surface area contributed by atoms with Crippen LogP contribution in [0.1, 0.15) is 11.1 Å². The molecule has 140 valence electrons. The monoisotopic (exact) mass is 381 g/mol. The van der Waals surface area contributed by atoms with Crippen molar-refractivity contribution < 1.29 is 9.53 Å². The van der Waals surface area contributed by atoms with E-state index in [1.165, 1.54) is 10.3 Å². The minimum absolute atomic E-state index is 0.180. The Hall–Kier alpha value is -2.60. The predicted octanol–water partition coefficient (Wildman–Crippen LogP) is 3.50. The van der Waals surface area contributed by atoms with Crippen LogP contribution in [0.15, 0.2) is 42.5 Å². The largest absolute Gasteiger partial charge is 0.497 e. The van der Waals surface area contributed by atoms with Gasteiger partial charge in [0.25, 0.3) is 0 Å². The number of nitrogens with zero attached hydrogens (tertiary/aromatic N) is 3. The topological polar surface area (TPSA) is 45.7 Å². The fourth-order valence-corrected chi connectivity index (χ4v) is 4.45. The number of thiazole rings is 1. The van der Waals surface area contributed by atoms with Gasteiger partial charge in [0, 0.05) is 26.2 Å². The first-order valence-electron chi connectivity index (χ1n) is 9.15. The maximum absolute atomic E-state index is 12.6. The zero-order valence-corrected chi connectivity index (χ0v) is 16.5. The van der Waals surface area contributed by atoms with Crippen LogP contribution < -0.4 is 9.64 Å². The van der Waals surface area contributed by atoms with E-state index < -0.39 is 0 Å². The van der Waals surface area contributed by atoms with Crippen LogP contribution in [0.2, 0.25) is 0 Å². The molecular weight excluding hydrogens is 358 g/mol. The number of hydrogen-bond donors (Lipinski definition) is 0. The van der Waals surface area contributed by atoms with Gasteiger partial charge in [-0.05, 0) is 42.3 Å². The third-order valence-corrected chi connectivity index (χ3v) is 6.03. The Labute approximate surface area is 163 Å². The third kappa shape index (κ3) is 3.90. The zero-order chi connectivity index (χ0) is 18.8. The van der Waals surface area contributed by atoms with Crippen molar-refractivity contribution in [3.05, 3.63) is 53.6 Å². The smallest absolute Gasteiger partial charge is 0.227 e. The highest BCUT2D eigenvalue weighted by Gasteiger charge is 2.23. The summed E-state index contributed by atoms with van der Waals surface area (Å²) in [6.07, 6.45) is 0.435. The lowest BCUT2D eigenvalue weighted by atomic mass is 10.1. The number of benzene rings is 2. The molecule has 1 aliphatic heterocycles. The molecule has 0 unspecified atom stereocenters. The molecule has 6 heteroatoms. The Kier molecular flexibility index (Phi) is 4.99. The molecule has 3 aromatic rings. The van der Waals surface area contributed by atoms with Crippen molar-refractivity contribution in [3.8, 4) is 5.75 Å². The minimum atomic E-state index is 0.180. The highest BCUT2D eigenvalue weighted by atomic mass is 32.1. The second kappa shape index (κ2) is 7.56. The number of carbonyl (C=O) groups excluding carboxylic acids is 1. The predicted molar refractivity (Wildman–Crippen MR) is 110 cm³/mol. The van der Waals surface area contributed by atoms with E-state index in [-0.39, 0.29) is 5.91 Å². The molecule has 0 bridgehead atoms. The number of aryl methyl sites for hydroxylation is 1. The van der Waals surface area contributed by atoms with Crippen LogP contribution in [0.25, 0.3) is 10.2 Å². The summed E-state index contributed by atoms with van der Waals surface area (Å²) in [4.78, 5) is 21.6. The van der Waals surface area contributed by atoms with E-state index in [1.807, 2.05) is 29.2 Å². The fraction of sp³-hybridized carbons (Fsp3) is 0.333. The second-order valence-electron chi connectivity index (χ2n) is 6.86. The molecule has 1 fully saturated rings. The Balaban J connectivity index is 1.36. The standard InChI is InChI=1S/C21H23N3O2S/c1-15-3-8-18-19(13-15)27-21(22-18)24-11-9-23(10-12-24)20(25)14-16-4-6-17(26-2)7-5-16/h3-8,13H,9-12,14H2,1-2H3. The lowest BCUT2D eigenvalue weighted by molar-refractivity contribution is -0.130. The van der Waals surface area contributed by atoms with Crippen molar-refractivity contribution in [1.29, 1.82) is 0 Å². The molecule has 1 amide bonds. The van der Waals surface area contributed by atoms with Gasteiger partial charge in [-0.25, -0.2) is 4.98 Å². The van der Waals surface area contributed by atoms with Crippen molar-refractivity contribution in [2.75, 3.05) is 38.2 Å². The van der Waals surface area contributed by atoms with Gasteiger partial charge in [-0.2, -0.15) is 0 Å². The summed E-state index contributed by atoms with van der Waals surface area (Å²) in [5, 5.41) is 1.05. The highest BCUT2D eigenvalue weighted by molar-refractivity contribution is 7.22. The number of amides is 1. The van der Waals surface area contributed by atoms with Crippen LogP contribution in [0, 0.1) is 6.92 Å². The van der Waals surface area contributed by atoms with E-state index >= 15 is 0 Å². The molecule has 0 atom stereocenters. The Morgan fingerprint density at radius 2 is 1.85 bits per heavy atom. The van der Waals surface area contributed by atoms with Crippen molar-refractivity contribution in [2.45, 2.75) is 13.3 Å². The van der Waals surface area contributed by atoms with Crippen LogP contribution in [0.3, 0.4) is 0 Å². The van der Waals surface area contributed by atoms with Gasteiger partial charge in [0.15, 0.2) is 5.13 Å². The first-order valence-corrected chi connectivity index (χ1v) is 9.97. The fourth-order valence-electron chi connectivity index (χ4n) is 3.33. The minimum Gasteiger partial charge on any atom is -0.497 e. The molecule has 5 nitrogen and oxygen atoms in total. The summed E-state index contributed by atoms with van der Waals surface area (Å²) in [5.41, 5.74) is 3.33. The van der Waals surface area contributed by atoms with Crippen molar-refractivity contribution in [2.24, 2.45) is 0 Å². The van der Waals surface area contributed by atoms with E-state index in [2.05, 4.69) is 30.0 Å². The summed E-state index contributed by atoms with van der Waals surface area (Å²) >= 11 is 1.73. The highest BCUT2D eigenvalue weighted by Crippen LogP contribution is 2.30. The van der Waals surface area contributed by atoms with E-state index in [0.717, 1.165) is 48.1 Å². The lowest BCUT2D eigenvalue weighted by Gasteiger charge is -2.34. The quantitative estimate of drug-likeness (QED) is 0.694. The van der Waals surface area contributed by atoms with Gasteiger partial charge in [0.1, 0.15) is 5.75 Å².